The molecule has 0 heterocycles. The van der Waals surface area contributed by atoms with Gasteiger partial charge >= 0.3 is 0 Å². The molecular formula is C10H10BrClFNO2S. The van der Waals surface area contributed by atoms with Crippen molar-refractivity contribution in [3.8, 4) is 0 Å². The van der Waals surface area contributed by atoms with Gasteiger partial charge in [0.1, 0.15) is 10.7 Å². The second-order valence-electron chi connectivity index (χ2n) is 4.09. The molecule has 1 aromatic carbocycles. The molecule has 1 aliphatic carbocycles. The Balaban J connectivity index is 2.32. The lowest BCUT2D eigenvalue weighted by molar-refractivity contribution is 0.541. The number of hydrogen-bond donors (Lipinski definition) is 1. The fraction of sp³-hybridized carbons (Fsp3) is 0.400. The van der Waals surface area contributed by atoms with E-state index in [0.717, 1.165) is 6.07 Å². The van der Waals surface area contributed by atoms with Gasteiger partial charge in [-0.2, -0.15) is 0 Å². The minimum atomic E-state index is -3.85. The van der Waals surface area contributed by atoms with Crippen LogP contribution in [-0.4, -0.2) is 19.8 Å². The first-order valence-corrected chi connectivity index (χ1v) is 7.75. The zero-order valence-corrected chi connectivity index (χ0v) is 11.9. The van der Waals surface area contributed by atoms with Gasteiger partial charge in [-0.05, 0) is 31.0 Å². The van der Waals surface area contributed by atoms with Crippen molar-refractivity contribution in [1.29, 1.82) is 0 Å². The Kier molecular flexibility index (Phi) is 3.51. The lowest BCUT2D eigenvalue weighted by Crippen LogP contribution is -2.38. The lowest BCUT2D eigenvalue weighted by atomic mass is 10.3. The number of hydrogen-bond acceptors (Lipinski definition) is 2. The van der Waals surface area contributed by atoms with E-state index in [2.05, 4.69) is 20.7 Å². The molecule has 1 aliphatic rings. The number of nitrogens with one attached hydrogen (secondary N) is 1. The Morgan fingerprint density at radius 1 is 1.47 bits per heavy atom. The quantitative estimate of drug-likeness (QED) is 0.855. The number of sulfonamides is 1. The highest BCUT2D eigenvalue weighted by atomic mass is 79.9. The molecule has 1 saturated carbocycles. The predicted octanol–water partition coefficient (Wildman–Crippen LogP) is 2.64. The van der Waals surface area contributed by atoms with E-state index >= 15 is 0 Å². The smallest absolute Gasteiger partial charge is 0.207 e. The van der Waals surface area contributed by atoms with Gasteiger partial charge in [0.25, 0.3) is 0 Å². The van der Waals surface area contributed by atoms with Gasteiger partial charge in [-0.3, -0.25) is 0 Å². The molecular weight excluding hydrogens is 333 g/mol. The minimum absolute atomic E-state index is 0.199. The van der Waals surface area contributed by atoms with Crippen LogP contribution >= 0.6 is 27.5 Å². The maximum atomic E-state index is 13.6. The van der Waals surface area contributed by atoms with Crippen molar-refractivity contribution in [1.82, 2.24) is 4.72 Å². The van der Waals surface area contributed by atoms with E-state index in [1.54, 1.807) is 0 Å². The summed E-state index contributed by atoms with van der Waals surface area (Å²) in [4.78, 5) is -0.350. The molecule has 0 unspecified atom stereocenters. The van der Waals surface area contributed by atoms with Crippen LogP contribution in [0.3, 0.4) is 0 Å². The molecule has 0 atom stereocenters. The van der Waals surface area contributed by atoms with Crippen LogP contribution in [0.15, 0.2) is 27.6 Å². The summed E-state index contributed by atoms with van der Waals surface area (Å²) in [5.41, 5.74) is -0.583. The highest BCUT2D eigenvalue weighted by molar-refractivity contribution is 9.10. The molecule has 1 aromatic rings. The van der Waals surface area contributed by atoms with Crippen LogP contribution in [0.5, 0.6) is 0 Å². The molecule has 0 bridgehead atoms. The summed E-state index contributed by atoms with van der Waals surface area (Å²) in [6.07, 6.45) is 1.38. The number of halogens is 3. The SMILES string of the molecule is O=S(=O)(NC1(CCl)CC1)c1ccc(Br)cc1F. The van der Waals surface area contributed by atoms with Gasteiger partial charge in [-0.1, -0.05) is 15.9 Å². The molecule has 1 fully saturated rings. The molecule has 0 radical (unpaired) electrons. The summed E-state index contributed by atoms with van der Waals surface area (Å²) < 4.78 is 40.4. The third kappa shape index (κ3) is 2.81. The first kappa shape index (κ1) is 13.3. The first-order chi connectivity index (χ1) is 7.88. The van der Waals surface area contributed by atoms with Crippen LogP contribution in [0.25, 0.3) is 0 Å². The average molecular weight is 343 g/mol. The topological polar surface area (TPSA) is 46.2 Å². The molecule has 17 heavy (non-hydrogen) atoms. The van der Waals surface area contributed by atoms with Crippen molar-refractivity contribution >= 4 is 37.6 Å². The van der Waals surface area contributed by atoms with Crippen molar-refractivity contribution in [2.75, 3.05) is 5.88 Å². The van der Waals surface area contributed by atoms with Crippen LogP contribution in [0.2, 0.25) is 0 Å². The van der Waals surface area contributed by atoms with Crippen LogP contribution in [0.4, 0.5) is 4.39 Å². The van der Waals surface area contributed by atoms with Crippen molar-refractivity contribution in [2.45, 2.75) is 23.3 Å². The van der Waals surface area contributed by atoms with E-state index < -0.39 is 21.4 Å². The zero-order valence-electron chi connectivity index (χ0n) is 8.71. The highest BCUT2D eigenvalue weighted by Gasteiger charge is 2.45. The Hall–Kier alpha value is -0.170. The average Bonchev–Trinajstić information content (AvgIpc) is 2.97. The number of benzene rings is 1. The van der Waals surface area contributed by atoms with Gasteiger partial charge < -0.3 is 0 Å². The van der Waals surface area contributed by atoms with Gasteiger partial charge in [0.15, 0.2) is 0 Å². The fourth-order valence-electron chi connectivity index (χ4n) is 1.45. The lowest BCUT2D eigenvalue weighted by Gasteiger charge is -2.14. The van der Waals surface area contributed by atoms with E-state index in [-0.39, 0.29) is 10.8 Å². The van der Waals surface area contributed by atoms with Crippen LogP contribution in [0.1, 0.15) is 12.8 Å². The Labute approximate surface area is 113 Å². The molecule has 3 nitrogen and oxygen atoms in total. The Morgan fingerprint density at radius 3 is 2.59 bits per heavy atom. The molecule has 94 valence electrons. The molecule has 0 amide bonds. The molecule has 0 saturated heterocycles. The molecule has 0 aromatic heterocycles. The third-order valence-corrected chi connectivity index (χ3v) is 5.26. The molecule has 0 aliphatic heterocycles. The summed E-state index contributed by atoms with van der Waals surface area (Å²) in [7, 11) is -3.85. The van der Waals surface area contributed by atoms with E-state index in [0.29, 0.717) is 17.3 Å². The predicted molar refractivity (Wildman–Crippen MR) is 67.1 cm³/mol. The highest BCUT2D eigenvalue weighted by Crippen LogP contribution is 2.38. The molecule has 7 heteroatoms. The second kappa shape index (κ2) is 4.50. The summed E-state index contributed by atoms with van der Waals surface area (Å²) in [5.74, 6) is -0.582. The van der Waals surface area contributed by atoms with Crippen LogP contribution in [-0.2, 0) is 10.0 Å². The monoisotopic (exact) mass is 341 g/mol. The third-order valence-electron chi connectivity index (χ3n) is 2.64. The zero-order chi connectivity index (χ0) is 12.7. The van der Waals surface area contributed by atoms with Crippen molar-refractivity contribution < 1.29 is 12.8 Å². The molecule has 2 rings (SSSR count). The van der Waals surface area contributed by atoms with Gasteiger partial charge in [0.05, 0.1) is 0 Å². The van der Waals surface area contributed by atoms with Crippen molar-refractivity contribution in [3.63, 3.8) is 0 Å². The summed E-state index contributed by atoms with van der Waals surface area (Å²) in [5, 5.41) is 0. The first-order valence-electron chi connectivity index (χ1n) is 4.94. The van der Waals surface area contributed by atoms with Gasteiger partial charge in [0.2, 0.25) is 10.0 Å². The standard InChI is InChI=1S/C10H10BrClFNO2S/c11-7-1-2-9(8(13)5-7)17(15,16)14-10(6-12)3-4-10/h1-2,5,14H,3-4,6H2. The van der Waals surface area contributed by atoms with Crippen LogP contribution in [0, 0.1) is 5.82 Å². The Bertz CT molecular complexity index is 545. The van der Waals surface area contributed by atoms with Gasteiger partial charge in [-0.15, -0.1) is 11.6 Å². The fourth-order valence-corrected chi connectivity index (χ4v) is 3.71. The summed E-state index contributed by atoms with van der Waals surface area (Å²) in [6, 6.07) is 3.83. The maximum Gasteiger partial charge on any atom is 0.244 e. The summed E-state index contributed by atoms with van der Waals surface area (Å²) in [6.45, 7) is 0. The Morgan fingerprint density at radius 2 is 2.12 bits per heavy atom. The largest absolute Gasteiger partial charge is 0.244 e. The minimum Gasteiger partial charge on any atom is -0.207 e. The van der Waals surface area contributed by atoms with Crippen molar-refractivity contribution in [2.24, 2.45) is 0 Å². The van der Waals surface area contributed by atoms with Crippen LogP contribution < -0.4 is 4.72 Å². The van der Waals surface area contributed by atoms with E-state index in [9.17, 15) is 12.8 Å². The van der Waals surface area contributed by atoms with Gasteiger partial charge in [0, 0.05) is 15.9 Å². The van der Waals surface area contributed by atoms with E-state index in [1.165, 1.54) is 12.1 Å². The normalized spacial score (nSPS) is 18.1. The van der Waals surface area contributed by atoms with E-state index in [4.69, 9.17) is 11.6 Å². The molecule has 0 spiro atoms. The maximum absolute atomic E-state index is 13.6. The van der Waals surface area contributed by atoms with Gasteiger partial charge in [-0.25, -0.2) is 17.5 Å². The summed E-state index contributed by atoms with van der Waals surface area (Å²) >= 11 is 8.76. The van der Waals surface area contributed by atoms with Crippen molar-refractivity contribution in [3.05, 3.63) is 28.5 Å². The second-order valence-corrected chi connectivity index (χ2v) is 6.93. The van der Waals surface area contributed by atoms with E-state index in [1.807, 2.05) is 0 Å². The number of rotatable bonds is 4. The number of alkyl halides is 1. The molecule has 1 N–H and O–H groups in total.